The average Bonchev–Trinajstić information content (AvgIpc) is 3.26. The van der Waals surface area contributed by atoms with E-state index in [2.05, 4.69) is 10.6 Å². The number of ether oxygens (including phenoxy) is 1. The molecule has 3 aromatic rings. The van der Waals surface area contributed by atoms with Gasteiger partial charge in [0, 0.05) is 13.1 Å². The van der Waals surface area contributed by atoms with Crippen LogP contribution in [0.4, 0.5) is 0 Å². The molecule has 7 heteroatoms. The van der Waals surface area contributed by atoms with Crippen molar-refractivity contribution in [2.45, 2.75) is 0 Å². The molecule has 0 atom stereocenters. The van der Waals surface area contributed by atoms with E-state index in [1.165, 1.54) is 6.26 Å². The largest absolute Gasteiger partial charge is 0.482 e. The first-order valence-corrected chi connectivity index (χ1v) is 9.07. The van der Waals surface area contributed by atoms with Crippen LogP contribution in [-0.2, 0) is 4.79 Å². The number of carbonyl (C=O) groups is 2. The number of carbonyl (C=O) groups excluding carboxylic acids is 2. The summed E-state index contributed by atoms with van der Waals surface area (Å²) in [6, 6.07) is 18.5. The Hall–Kier alpha value is -3.25. The molecule has 2 amide bonds. The highest BCUT2D eigenvalue weighted by Crippen LogP contribution is 2.30. The van der Waals surface area contributed by atoms with Gasteiger partial charge in [-0.1, -0.05) is 48.0 Å². The quantitative estimate of drug-likeness (QED) is 0.569. The maximum absolute atomic E-state index is 11.9. The number of hydrogen-bond donors (Lipinski definition) is 2. The summed E-state index contributed by atoms with van der Waals surface area (Å²) in [6.07, 6.45) is 1.42. The molecule has 6 nitrogen and oxygen atoms in total. The smallest absolute Gasteiger partial charge is 0.287 e. The van der Waals surface area contributed by atoms with Crippen molar-refractivity contribution in [3.63, 3.8) is 0 Å². The van der Waals surface area contributed by atoms with E-state index in [0.29, 0.717) is 10.8 Å². The minimum absolute atomic E-state index is 0.170. The van der Waals surface area contributed by atoms with E-state index in [9.17, 15) is 9.59 Å². The van der Waals surface area contributed by atoms with Gasteiger partial charge in [0.1, 0.15) is 5.75 Å². The minimum atomic E-state index is -0.333. The molecular formula is C21H19ClN2O4. The zero-order valence-corrected chi connectivity index (χ0v) is 15.7. The van der Waals surface area contributed by atoms with Crippen molar-refractivity contribution in [2.75, 3.05) is 19.7 Å². The fraction of sp³-hybridized carbons (Fsp3) is 0.143. The van der Waals surface area contributed by atoms with E-state index in [4.69, 9.17) is 20.8 Å². The van der Waals surface area contributed by atoms with Crippen molar-refractivity contribution in [3.8, 4) is 16.9 Å². The Labute approximate surface area is 167 Å². The molecule has 0 saturated carbocycles. The molecule has 0 radical (unpaired) electrons. The SMILES string of the molecule is O=C(COc1ccc(-c2ccccc2)cc1Cl)NCCNC(=O)c1ccco1. The fourth-order valence-corrected chi connectivity index (χ4v) is 2.73. The number of halogens is 1. The lowest BCUT2D eigenvalue weighted by Crippen LogP contribution is -2.36. The lowest BCUT2D eigenvalue weighted by atomic mass is 10.1. The molecule has 1 heterocycles. The molecule has 2 aromatic carbocycles. The Morgan fingerprint density at radius 2 is 1.71 bits per heavy atom. The zero-order valence-electron chi connectivity index (χ0n) is 15.0. The third-order valence-corrected chi connectivity index (χ3v) is 4.17. The monoisotopic (exact) mass is 398 g/mol. The van der Waals surface area contributed by atoms with Crippen LogP contribution in [0.15, 0.2) is 71.3 Å². The Kier molecular flexibility index (Phi) is 6.70. The van der Waals surface area contributed by atoms with Crippen LogP contribution < -0.4 is 15.4 Å². The number of nitrogens with one attached hydrogen (secondary N) is 2. The van der Waals surface area contributed by atoms with Crippen LogP contribution in [0.3, 0.4) is 0 Å². The van der Waals surface area contributed by atoms with Crippen LogP contribution in [0.5, 0.6) is 5.75 Å². The molecule has 0 aliphatic rings. The lowest BCUT2D eigenvalue weighted by Gasteiger charge is -2.10. The highest BCUT2D eigenvalue weighted by Gasteiger charge is 2.09. The second kappa shape index (κ2) is 9.62. The third-order valence-electron chi connectivity index (χ3n) is 3.88. The standard InChI is InChI=1S/C21H19ClN2O4/c22-17-13-16(15-5-2-1-3-6-15)8-9-18(17)28-14-20(25)23-10-11-24-21(26)19-7-4-12-27-19/h1-9,12-13H,10-11,14H2,(H,23,25)(H,24,26). The van der Waals surface area contributed by atoms with Gasteiger partial charge in [0.2, 0.25) is 0 Å². The van der Waals surface area contributed by atoms with Crippen LogP contribution in [0.25, 0.3) is 11.1 Å². The van der Waals surface area contributed by atoms with Crippen molar-refractivity contribution in [1.29, 1.82) is 0 Å². The van der Waals surface area contributed by atoms with Crippen molar-refractivity contribution in [1.82, 2.24) is 10.6 Å². The van der Waals surface area contributed by atoms with Gasteiger partial charge in [-0.05, 0) is 35.4 Å². The number of rotatable bonds is 8. The summed E-state index contributed by atoms with van der Waals surface area (Å²) >= 11 is 6.26. The lowest BCUT2D eigenvalue weighted by molar-refractivity contribution is -0.123. The molecule has 0 aliphatic carbocycles. The van der Waals surface area contributed by atoms with Gasteiger partial charge >= 0.3 is 0 Å². The van der Waals surface area contributed by atoms with E-state index < -0.39 is 0 Å². The van der Waals surface area contributed by atoms with Crippen LogP contribution in [0, 0.1) is 0 Å². The van der Waals surface area contributed by atoms with Gasteiger partial charge in [0.05, 0.1) is 11.3 Å². The van der Waals surface area contributed by atoms with Gasteiger partial charge in [-0.25, -0.2) is 0 Å². The molecule has 28 heavy (non-hydrogen) atoms. The number of hydrogen-bond acceptors (Lipinski definition) is 4. The Morgan fingerprint density at radius 1 is 0.929 bits per heavy atom. The van der Waals surface area contributed by atoms with Gasteiger partial charge in [-0.15, -0.1) is 0 Å². The molecule has 1 aromatic heterocycles. The molecule has 0 spiro atoms. The summed E-state index contributed by atoms with van der Waals surface area (Å²) in [6.45, 7) is 0.379. The van der Waals surface area contributed by atoms with Gasteiger partial charge in [0.25, 0.3) is 11.8 Å². The van der Waals surface area contributed by atoms with Gasteiger partial charge < -0.3 is 19.8 Å². The molecule has 2 N–H and O–H groups in total. The van der Waals surface area contributed by atoms with Gasteiger partial charge in [-0.3, -0.25) is 9.59 Å². The maximum Gasteiger partial charge on any atom is 0.287 e. The van der Waals surface area contributed by atoms with Crippen LogP contribution >= 0.6 is 11.6 Å². The third kappa shape index (κ3) is 5.37. The maximum atomic E-state index is 11.9. The average molecular weight is 399 g/mol. The molecule has 144 valence electrons. The van der Waals surface area contributed by atoms with Crippen LogP contribution in [-0.4, -0.2) is 31.5 Å². The second-order valence-corrected chi connectivity index (χ2v) is 6.29. The topological polar surface area (TPSA) is 80.6 Å². The zero-order chi connectivity index (χ0) is 19.8. The second-order valence-electron chi connectivity index (χ2n) is 5.88. The molecule has 3 rings (SSSR count). The minimum Gasteiger partial charge on any atom is -0.482 e. The van der Waals surface area contributed by atoms with Crippen LogP contribution in [0.1, 0.15) is 10.6 Å². The van der Waals surface area contributed by atoms with E-state index in [0.717, 1.165) is 11.1 Å². The highest BCUT2D eigenvalue weighted by atomic mass is 35.5. The van der Waals surface area contributed by atoms with Gasteiger partial charge in [-0.2, -0.15) is 0 Å². The summed E-state index contributed by atoms with van der Waals surface area (Å²) in [5, 5.41) is 5.72. The van der Waals surface area contributed by atoms with Crippen molar-refractivity contribution < 1.29 is 18.7 Å². The van der Waals surface area contributed by atoms with E-state index in [1.54, 1.807) is 24.3 Å². The summed E-state index contributed by atoms with van der Waals surface area (Å²) in [5.41, 5.74) is 2.01. The first-order valence-electron chi connectivity index (χ1n) is 8.69. The summed E-state index contributed by atoms with van der Waals surface area (Å²) < 4.78 is 10.5. The Bertz CT molecular complexity index is 927. The van der Waals surface area contributed by atoms with Crippen molar-refractivity contribution in [2.24, 2.45) is 0 Å². The molecule has 0 bridgehead atoms. The predicted octanol–water partition coefficient (Wildman–Crippen LogP) is 3.53. The predicted molar refractivity (Wildman–Crippen MR) is 106 cm³/mol. The fourth-order valence-electron chi connectivity index (χ4n) is 2.50. The summed E-state index contributed by atoms with van der Waals surface area (Å²) in [4.78, 5) is 23.6. The highest BCUT2D eigenvalue weighted by molar-refractivity contribution is 6.32. The Morgan fingerprint density at radius 3 is 2.43 bits per heavy atom. The first-order chi connectivity index (χ1) is 13.6. The number of benzene rings is 2. The normalized spacial score (nSPS) is 10.3. The Balaban J connectivity index is 1.41. The van der Waals surface area contributed by atoms with Gasteiger partial charge in [0.15, 0.2) is 12.4 Å². The molecular weight excluding hydrogens is 380 g/mol. The number of amides is 2. The molecule has 0 fully saturated rings. The van der Waals surface area contributed by atoms with Crippen molar-refractivity contribution >= 4 is 23.4 Å². The van der Waals surface area contributed by atoms with Crippen LogP contribution in [0.2, 0.25) is 5.02 Å². The van der Waals surface area contributed by atoms with E-state index >= 15 is 0 Å². The summed E-state index contributed by atoms with van der Waals surface area (Å²) in [7, 11) is 0. The number of furan rings is 1. The first kappa shape index (κ1) is 19.5. The van der Waals surface area contributed by atoms with E-state index in [1.807, 2.05) is 36.4 Å². The molecule has 0 unspecified atom stereocenters. The molecule has 0 saturated heterocycles. The van der Waals surface area contributed by atoms with E-state index in [-0.39, 0.29) is 37.3 Å². The molecule has 0 aliphatic heterocycles. The summed E-state index contributed by atoms with van der Waals surface area (Å²) in [5.74, 6) is 0.0158. The van der Waals surface area contributed by atoms with Crippen molar-refractivity contribution in [3.05, 3.63) is 77.7 Å².